The third kappa shape index (κ3) is 2.19. The van der Waals surface area contributed by atoms with Gasteiger partial charge in [-0.3, -0.25) is 0 Å². The molecule has 1 unspecified atom stereocenters. The second-order valence-corrected chi connectivity index (χ2v) is 3.13. The lowest BCUT2D eigenvalue weighted by Crippen LogP contribution is -2.13. The van der Waals surface area contributed by atoms with Gasteiger partial charge in [0.2, 0.25) is 0 Å². The molecule has 6 heteroatoms. The fourth-order valence-electron chi connectivity index (χ4n) is 1.08. The minimum atomic E-state index is -2.01. The van der Waals surface area contributed by atoms with Gasteiger partial charge in [0.25, 0.3) is 0 Å². The van der Waals surface area contributed by atoms with Gasteiger partial charge in [0.15, 0.2) is 17.7 Å². The van der Waals surface area contributed by atoms with Gasteiger partial charge < -0.3 is 14.9 Å². The van der Waals surface area contributed by atoms with Crippen LogP contribution in [0.3, 0.4) is 0 Å². The first-order valence-electron chi connectivity index (χ1n) is 3.91. The van der Waals surface area contributed by atoms with E-state index in [-0.39, 0.29) is 10.8 Å². The Hall–Kier alpha value is -1.33. The van der Waals surface area contributed by atoms with Crippen LogP contribution in [0.4, 0.5) is 4.39 Å². The number of rotatable bonds is 3. The molecule has 0 aliphatic rings. The van der Waals surface area contributed by atoms with Crippen molar-refractivity contribution >= 4 is 17.6 Å². The zero-order valence-corrected chi connectivity index (χ0v) is 8.45. The Morgan fingerprint density at radius 2 is 2.20 bits per heavy atom. The first kappa shape index (κ1) is 11.7. The van der Waals surface area contributed by atoms with Crippen LogP contribution in [0.5, 0.6) is 5.75 Å². The standard InChI is InChI=1S/C9H8ClFO4/c1-15-5-3-2-4(10)6(7(5)11)8(12)9(13)14/h2-3,8,12H,1H3,(H,13,14). The van der Waals surface area contributed by atoms with Crippen molar-refractivity contribution < 1.29 is 24.1 Å². The van der Waals surface area contributed by atoms with Crippen LogP contribution in [0.2, 0.25) is 5.02 Å². The maximum absolute atomic E-state index is 13.5. The molecule has 0 saturated heterocycles. The van der Waals surface area contributed by atoms with E-state index in [1.165, 1.54) is 19.2 Å². The number of carbonyl (C=O) groups is 1. The molecular formula is C9H8ClFO4. The van der Waals surface area contributed by atoms with Gasteiger partial charge in [0.1, 0.15) is 0 Å². The fraction of sp³-hybridized carbons (Fsp3) is 0.222. The average Bonchev–Trinajstić information content (AvgIpc) is 2.17. The minimum absolute atomic E-state index is 0.164. The van der Waals surface area contributed by atoms with Crippen LogP contribution in [-0.4, -0.2) is 23.3 Å². The number of aliphatic carboxylic acids is 1. The molecule has 0 aromatic heterocycles. The van der Waals surface area contributed by atoms with Crippen LogP contribution in [0, 0.1) is 5.82 Å². The minimum Gasteiger partial charge on any atom is -0.494 e. The molecule has 0 spiro atoms. The summed E-state index contributed by atoms with van der Waals surface area (Å²) in [6.45, 7) is 0. The van der Waals surface area contributed by atoms with Crippen LogP contribution >= 0.6 is 11.6 Å². The van der Waals surface area contributed by atoms with Crippen molar-refractivity contribution in [1.29, 1.82) is 0 Å². The van der Waals surface area contributed by atoms with Crippen molar-refractivity contribution in [2.75, 3.05) is 7.11 Å². The molecule has 0 radical (unpaired) electrons. The van der Waals surface area contributed by atoms with Crippen LogP contribution in [0.25, 0.3) is 0 Å². The molecule has 0 amide bonds. The van der Waals surface area contributed by atoms with Gasteiger partial charge in [0, 0.05) is 5.56 Å². The molecule has 0 bridgehead atoms. The number of hydrogen-bond donors (Lipinski definition) is 2. The van der Waals surface area contributed by atoms with Gasteiger partial charge >= 0.3 is 5.97 Å². The van der Waals surface area contributed by atoms with E-state index in [1.807, 2.05) is 0 Å². The highest BCUT2D eigenvalue weighted by molar-refractivity contribution is 6.31. The summed E-state index contributed by atoms with van der Waals surface area (Å²) in [6, 6.07) is 2.50. The number of ether oxygens (including phenoxy) is 1. The first-order valence-corrected chi connectivity index (χ1v) is 4.29. The highest BCUT2D eigenvalue weighted by Crippen LogP contribution is 2.31. The van der Waals surface area contributed by atoms with Crippen LogP contribution in [0.1, 0.15) is 11.7 Å². The molecule has 15 heavy (non-hydrogen) atoms. The summed E-state index contributed by atoms with van der Waals surface area (Å²) in [7, 11) is 1.23. The van der Waals surface area contributed by atoms with E-state index in [2.05, 4.69) is 4.74 Å². The van der Waals surface area contributed by atoms with E-state index in [1.54, 1.807) is 0 Å². The Balaban J connectivity index is 3.32. The SMILES string of the molecule is COc1ccc(Cl)c(C(O)C(=O)O)c1F. The maximum Gasteiger partial charge on any atom is 0.337 e. The van der Waals surface area contributed by atoms with E-state index in [4.69, 9.17) is 16.7 Å². The monoisotopic (exact) mass is 234 g/mol. The lowest BCUT2D eigenvalue weighted by molar-refractivity contribution is -0.147. The van der Waals surface area contributed by atoms with E-state index < -0.39 is 23.5 Å². The van der Waals surface area contributed by atoms with E-state index in [0.717, 1.165) is 0 Å². The third-order valence-electron chi connectivity index (χ3n) is 1.82. The zero-order chi connectivity index (χ0) is 11.6. The number of aliphatic hydroxyl groups is 1. The Bertz CT molecular complexity index is 394. The molecule has 0 heterocycles. The largest absolute Gasteiger partial charge is 0.494 e. The summed E-state index contributed by atoms with van der Waals surface area (Å²) < 4.78 is 18.1. The average molecular weight is 235 g/mol. The molecule has 1 aromatic rings. The van der Waals surface area contributed by atoms with Gasteiger partial charge in [-0.25, -0.2) is 9.18 Å². The number of methoxy groups -OCH3 is 1. The Morgan fingerprint density at radius 3 is 2.67 bits per heavy atom. The van der Waals surface area contributed by atoms with Crippen LogP contribution < -0.4 is 4.74 Å². The molecular weight excluding hydrogens is 227 g/mol. The highest BCUT2D eigenvalue weighted by atomic mass is 35.5. The topological polar surface area (TPSA) is 66.8 Å². The molecule has 1 rings (SSSR count). The van der Waals surface area contributed by atoms with Gasteiger partial charge in [0.05, 0.1) is 12.1 Å². The second-order valence-electron chi connectivity index (χ2n) is 2.72. The number of carboxylic acid groups (broad SMARTS) is 1. The molecule has 0 saturated carbocycles. The molecule has 4 nitrogen and oxygen atoms in total. The maximum atomic E-state index is 13.5. The van der Waals surface area contributed by atoms with Crippen molar-refractivity contribution in [2.45, 2.75) is 6.10 Å². The molecule has 0 fully saturated rings. The van der Waals surface area contributed by atoms with Crippen molar-refractivity contribution in [1.82, 2.24) is 0 Å². The third-order valence-corrected chi connectivity index (χ3v) is 2.15. The lowest BCUT2D eigenvalue weighted by Gasteiger charge is -2.11. The fourth-order valence-corrected chi connectivity index (χ4v) is 1.33. The van der Waals surface area contributed by atoms with Gasteiger partial charge in [-0.15, -0.1) is 0 Å². The summed E-state index contributed by atoms with van der Waals surface area (Å²) in [5, 5.41) is 17.6. The molecule has 82 valence electrons. The summed E-state index contributed by atoms with van der Waals surface area (Å²) in [5.41, 5.74) is -0.497. The summed E-state index contributed by atoms with van der Waals surface area (Å²) in [5.74, 6) is -2.72. The number of carboxylic acids is 1. The molecule has 1 atom stereocenters. The first-order chi connectivity index (χ1) is 6.99. The van der Waals surface area contributed by atoms with Crippen molar-refractivity contribution in [3.8, 4) is 5.75 Å². The number of halogens is 2. The number of aliphatic hydroxyl groups excluding tert-OH is 1. The summed E-state index contributed by atoms with van der Waals surface area (Å²) in [6.07, 6.45) is -2.01. The molecule has 1 aromatic carbocycles. The molecule has 0 aliphatic heterocycles. The summed E-state index contributed by atoms with van der Waals surface area (Å²) >= 11 is 5.58. The van der Waals surface area contributed by atoms with E-state index in [0.29, 0.717) is 0 Å². The Kier molecular flexibility index (Phi) is 3.49. The molecule has 2 N–H and O–H groups in total. The zero-order valence-electron chi connectivity index (χ0n) is 7.70. The Labute approximate surface area is 89.9 Å². The van der Waals surface area contributed by atoms with Crippen molar-refractivity contribution in [3.63, 3.8) is 0 Å². The highest BCUT2D eigenvalue weighted by Gasteiger charge is 2.25. The number of hydrogen-bond acceptors (Lipinski definition) is 3. The van der Waals surface area contributed by atoms with Crippen LogP contribution in [0.15, 0.2) is 12.1 Å². The number of benzene rings is 1. The second kappa shape index (κ2) is 4.46. The van der Waals surface area contributed by atoms with E-state index >= 15 is 0 Å². The quantitative estimate of drug-likeness (QED) is 0.834. The van der Waals surface area contributed by atoms with Crippen molar-refractivity contribution in [2.24, 2.45) is 0 Å². The molecule has 0 aliphatic carbocycles. The summed E-state index contributed by atoms with van der Waals surface area (Å²) in [4.78, 5) is 10.5. The smallest absolute Gasteiger partial charge is 0.337 e. The van der Waals surface area contributed by atoms with E-state index in [9.17, 15) is 14.3 Å². The van der Waals surface area contributed by atoms with Gasteiger partial charge in [-0.1, -0.05) is 11.6 Å². The Morgan fingerprint density at radius 1 is 1.60 bits per heavy atom. The predicted octanol–water partition coefficient (Wildman–Crippen LogP) is 1.61. The lowest BCUT2D eigenvalue weighted by atomic mass is 10.1. The van der Waals surface area contributed by atoms with Crippen molar-refractivity contribution in [3.05, 3.63) is 28.5 Å². The van der Waals surface area contributed by atoms with Gasteiger partial charge in [-0.05, 0) is 12.1 Å². The normalized spacial score (nSPS) is 12.3. The predicted molar refractivity (Wildman–Crippen MR) is 50.6 cm³/mol. The van der Waals surface area contributed by atoms with Gasteiger partial charge in [-0.2, -0.15) is 0 Å². The van der Waals surface area contributed by atoms with Crippen LogP contribution in [-0.2, 0) is 4.79 Å².